The summed E-state index contributed by atoms with van der Waals surface area (Å²) in [6.07, 6.45) is -3.13. The minimum Gasteiger partial charge on any atom is -0.475 e. The Bertz CT molecular complexity index is 1220. The molecule has 2 N–H and O–H groups in total. The van der Waals surface area contributed by atoms with Crippen LogP contribution in [0, 0.1) is 0 Å². The summed E-state index contributed by atoms with van der Waals surface area (Å²) in [5.74, 6) is -2.74. The number of benzene rings is 2. The van der Waals surface area contributed by atoms with Crippen LogP contribution in [0.4, 0.5) is 18.9 Å². The van der Waals surface area contributed by atoms with E-state index >= 15 is 0 Å². The van der Waals surface area contributed by atoms with Gasteiger partial charge in [-0.15, -0.1) is 11.3 Å². The number of hydrogen-bond donors (Lipinski definition) is 2. The first-order valence-electron chi connectivity index (χ1n) is 11.9. The Morgan fingerprint density at radius 1 is 1.05 bits per heavy atom. The zero-order valence-corrected chi connectivity index (χ0v) is 22.5. The molecule has 0 saturated carbocycles. The lowest BCUT2D eigenvalue weighted by Gasteiger charge is -2.32. The molecule has 1 aliphatic rings. The highest BCUT2D eigenvalue weighted by Crippen LogP contribution is 2.33. The first kappa shape index (κ1) is 29.5. The van der Waals surface area contributed by atoms with Crippen molar-refractivity contribution in [3.8, 4) is 10.4 Å². The molecule has 6 nitrogen and oxygen atoms in total. The number of thiophene rings is 1. The van der Waals surface area contributed by atoms with Gasteiger partial charge in [0, 0.05) is 60.9 Å². The molecule has 0 aliphatic carbocycles. The fraction of sp³-hybridized carbons (Fsp3) is 0.333. The predicted molar refractivity (Wildman–Crippen MR) is 145 cm³/mol. The number of anilines is 1. The van der Waals surface area contributed by atoms with E-state index in [0.29, 0.717) is 5.02 Å². The molecule has 0 bridgehead atoms. The van der Waals surface area contributed by atoms with Gasteiger partial charge in [0.25, 0.3) is 5.91 Å². The summed E-state index contributed by atoms with van der Waals surface area (Å²) in [7, 11) is 4.11. The summed E-state index contributed by atoms with van der Waals surface area (Å²) in [5, 5.41) is 11.1. The molecule has 204 valence electrons. The van der Waals surface area contributed by atoms with Crippen LogP contribution < -0.4 is 10.2 Å². The number of rotatable bonds is 6. The lowest BCUT2D eigenvalue weighted by Crippen LogP contribution is -2.44. The van der Waals surface area contributed by atoms with Crippen LogP contribution in [0.15, 0.2) is 60.7 Å². The second-order valence-corrected chi connectivity index (χ2v) is 10.5. The maximum atomic E-state index is 12.8. The van der Waals surface area contributed by atoms with Gasteiger partial charge in [-0.25, -0.2) is 4.79 Å². The molecule has 1 aromatic heterocycles. The number of nitrogens with zero attached hydrogens (tertiary/aromatic N) is 2. The first-order valence-corrected chi connectivity index (χ1v) is 13.1. The number of amides is 1. The lowest BCUT2D eigenvalue weighted by atomic mass is 10.0. The average Bonchev–Trinajstić information content (AvgIpc) is 3.36. The normalized spacial score (nSPS) is 14.4. The molecule has 2 aromatic carbocycles. The van der Waals surface area contributed by atoms with Crippen LogP contribution in [0.2, 0.25) is 5.02 Å². The maximum absolute atomic E-state index is 12.8. The molecular weight excluding hydrogens is 539 g/mol. The monoisotopic (exact) mass is 567 g/mol. The van der Waals surface area contributed by atoms with E-state index in [2.05, 4.69) is 53.5 Å². The van der Waals surface area contributed by atoms with Gasteiger partial charge in [0.15, 0.2) is 0 Å². The summed E-state index contributed by atoms with van der Waals surface area (Å²) >= 11 is 7.79. The van der Waals surface area contributed by atoms with E-state index < -0.39 is 12.1 Å². The van der Waals surface area contributed by atoms with Crippen molar-refractivity contribution in [3.05, 3.63) is 76.1 Å². The summed E-state index contributed by atoms with van der Waals surface area (Å²) < 4.78 is 31.7. The predicted octanol–water partition coefficient (Wildman–Crippen LogP) is 6.16. The van der Waals surface area contributed by atoms with Crippen LogP contribution in [0.1, 0.15) is 28.1 Å². The highest BCUT2D eigenvalue weighted by atomic mass is 35.5. The third-order valence-electron chi connectivity index (χ3n) is 5.99. The van der Waals surface area contributed by atoms with E-state index in [1.54, 1.807) is 0 Å². The van der Waals surface area contributed by atoms with Crippen LogP contribution in [-0.4, -0.2) is 61.3 Å². The van der Waals surface area contributed by atoms with E-state index in [1.165, 1.54) is 22.6 Å². The summed E-state index contributed by atoms with van der Waals surface area (Å²) in [6, 6.07) is 20.6. The van der Waals surface area contributed by atoms with E-state index in [9.17, 15) is 18.0 Å². The zero-order valence-electron chi connectivity index (χ0n) is 21.0. The molecule has 1 amide bonds. The number of likely N-dealkylation sites (tertiary alicyclic amines) is 1. The number of hydrogen-bond acceptors (Lipinski definition) is 5. The van der Waals surface area contributed by atoms with Gasteiger partial charge in [-0.3, -0.25) is 9.69 Å². The van der Waals surface area contributed by atoms with Gasteiger partial charge >= 0.3 is 12.1 Å². The van der Waals surface area contributed by atoms with Crippen molar-refractivity contribution in [2.75, 3.05) is 32.1 Å². The van der Waals surface area contributed by atoms with E-state index in [4.69, 9.17) is 21.5 Å². The Labute approximate surface area is 228 Å². The van der Waals surface area contributed by atoms with E-state index in [-0.39, 0.29) is 11.9 Å². The van der Waals surface area contributed by atoms with Gasteiger partial charge in [0.1, 0.15) is 0 Å². The Balaban J connectivity index is 0.000000505. The molecular formula is C27H29ClF3N3O3S. The Morgan fingerprint density at radius 3 is 2.21 bits per heavy atom. The fourth-order valence-corrected chi connectivity index (χ4v) is 5.16. The third kappa shape index (κ3) is 8.47. The number of carboxylic acids is 1. The highest BCUT2D eigenvalue weighted by molar-refractivity contribution is 7.17. The molecule has 0 spiro atoms. The number of piperidine rings is 1. The Kier molecular flexibility index (Phi) is 10.2. The molecule has 1 fully saturated rings. The van der Waals surface area contributed by atoms with Crippen LogP contribution >= 0.6 is 22.9 Å². The highest BCUT2D eigenvalue weighted by Gasteiger charge is 2.38. The molecule has 2 heterocycles. The number of alkyl halides is 3. The minimum atomic E-state index is -5.08. The van der Waals surface area contributed by atoms with Crippen molar-refractivity contribution < 1.29 is 27.9 Å². The second-order valence-electron chi connectivity index (χ2n) is 9.03. The largest absolute Gasteiger partial charge is 0.490 e. The van der Waals surface area contributed by atoms with Gasteiger partial charge in [0.2, 0.25) is 0 Å². The topological polar surface area (TPSA) is 72.9 Å². The SMILES string of the molecule is CN(C)c1ccc(CN2CCC(NC(=O)c3ccc(-c4ccccc4Cl)s3)CC2)cc1.O=C(O)C(F)(F)F. The van der Waals surface area contributed by atoms with Crippen LogP contribution in [0.25, 0.3) is 10.4 Å². The molecule has 0 radical (unpaired) electrons. The van der Waals surface area contributed by atoms with Crippen molar-refractivity contribution in [3.63, 3.8) is 0 Å². The maximum Gasteiger partial charge on any atom is 0.490 e. The lowest BCUT2D eigenvalue weighted by molar-refractivity contribution is -0.192. The van der Waals surface area contributed by atoms with Crippen molar-refractivity contribution in [2.45, 2.75) is 31.6 Å². The average molecular weight is 568 g/mol. The number of halogens is 4. The Morgan fingerprint density at radius 2 is 1.66 bits per heavy atom. The van der Waals surface area contributed by atoms with Crippen LogP contribution in [0.3, 0.4) is 0 Å². The van der Waals surface area contributed by atoms with Crippen molar-refractivity contribution in [1.82, 2.24) is 10.2 Å². The van der Waals surface area contributed by atoms with Gasteiger partial charge < -0.3 is 15.3 Å². The minimum absolute atomic E-state index is 0.0148. The van der Waals surface area contributed by atoms with Crippen molar-refractivity contribution in [2.24, 2.45) is 0 Å². The second kappa shape index (κ2) is 13.1. The van der Waals surface area contributed by atoms with Gasteiger partial charge in [-0.1, -0.05) is 41.9 Å². The molecule has 38 heavy (non-hydrogen) atoms. The quantitative estimate of drug-likeness (QED) is 0.373. The van der Waals surface area contributed by atoms with Gasteiger partial charge in [-0.2, -0.15) is 13.2 Å². The molecule has 3 aromatic rings. The molecule has 1 saturated heterocycles. The first-order chi connectivity index (χ1) is 17.9. The molecule has 4 rings (SSSR count). The number of carbonyl (C=O) groups is 2. The summed E-state index contributed by atoms with van der Waals surface area (Å²) in [4.78, 5) is 28.0. The number of aliphatic carboxylic acids is 1. The number of carboxylic acid groups (broad SMARTS) is 1. The van der Waals surface area contributed by atoms with E-state index in [1.807, 2.05) is 36.4 Å². The number of carbonyl (C=O) groups excluding carboxylic acids is 1. The standard InChI is InChI=1S/C25H28ClN3OS.C2HF3O2/c1-28(2)20-9-7-18(8-10-20)17-29-15-13-19(14-16-29)27-25(30)24-12-11-23(31-24)21-5-3-4-6-22(21)26;3-2(4,5)1(6)7/h3-12,19H,13-17H2,1-2H3,(H,27,30);(H,6,7). The van der Waals surface area contributed by atoms with Crippen LogP contribution in [0.5, 0.6) is 0 Å². The summed E-state index contributed by atoms with van der Waals surface area (Å²) in [5.41, 5.74) is 3.52. The Hall–Kier alpha value is -3.08. The zero-order chi connectivity index (χ0) is 27.9. The van der Waals surface area contributed by atoms with Gasteiger partial charge in [0.05, 0.1) is 4.88 Å². The summed E-state index contributed by atoms with van der Waals surface area (Å²) in [6.45, 7) is 2.95. The molecule has 11 heteroatoms. The van der Waals surface area contributed by atoms with Crippen LogP contribution in [-0.2, 0) is 11.3 Å². The number of nitrogens with one attached hydrogen (secondary N) is 1. The molecule has 1 aliphatic heterocycles. The smallest absolute Gasteiger partial charge is 0.475 e. The third-order valence-corrected chi connectivity index (χ3v) is 7.44. The van der Waals surface area contributed by atoms with E-state index in [0.717, 1.165) is 47.8 Å². The van der Waals surface area contributed by atoms with Crippen molar-refractivity contribution in [1.29, 1.82) is 0 Å². The van der Waals surface area contributed by atoms with Crippen molar-refractivity contribution >= 4 is 40.5 Å². The molecule has 0 atom stereocenters. The fourth-order valence-electron chi connectivity index (χ4n) is 3.92. The van der Waals surface area contributed by atoms with Gasteiger partial charge in [-0.05, 0) is 48.7 Å². The molecule has 0 unspecified atom stereocenters.